The molecule has 4 unspecified atom stereocenters. The number of hydrogen-bond donors (Lipinski definition) is 6. The van der Waals surface area contributed by atoms with E-state index in [1.165, 1.54) is 24.0 Å². The number of ether oxygens (including phenoxy) is 2. The number of nitrogens with one attached hydrogen (secondary N) is 3. The van der Waals surface area contributed by atoms with Gasteiger partial charge in [-0.05, 0) is 135 Å². The maximum absolute atomic E-state index is 12.7. The monoisotopic (exact) mass is 874 g/mol. The molecule has 2 aliphatic heterocycles. The number of carbonyl (C=O) groups excluding carboxylic acids is 3. The lowest BCUT2D eigenvalue weighted by atomic mass is 9.85. The summed E-state index contributed by atoms with van der Waals surface area (Å²) >= 11 is 0. The van der Waals surface area contributed by atoms with Gasteiger partial charge in [0.1, 0.15) is 24.3 Å². The summed E-state index contributed by atoms with van der Waals surface area (Å²) in [6, 6.07) is 4.28. The van der Waals surface area contributed by atoms with Gasteiger partial charge in [-0.15, -0.1) is 0 Å². The first-order valence-electron chi connectivity index (χ1n) is 22.3. The van der Waals surface area contributed by atoms with Crippen molar-refractivity contribution in [2.45, 2.75) is 128 Å². The van der Waals surface area contributed by atoms with Crippen LogP contribution in [-0.2, 0) is 19.1 Å². The van der Waals surface area contributed by atoms with Crippen molar-refractivity contribution in [1.82, 2.24) is 39.6 Å². The van der Waals surface area contributed by atoms with E-state index in [1.807, 2.05) is 27.5 Å². The fraction of sp³-hybridized carbons (Fsp3) is 0.609. The maximum Gasteiger partial charge on any atom is 0.408 e. The zero-order valence-electron chi connectivity index (χ0n) is 37.5. The quantitative estimate of drug-likeness (QED) is 0.111. The molecular formula is C46H66N8O9. The molecule has 63 heavy (non-hydrogen) atoms. The zero-order valence-corrected chi connectivity index (χ0v) is 37.5. The van der Waals surface area contributed by atoms with Crippen molar-refractivity contribution in [2.24, 2.45) is 11.8 Å². The molecule has 6 N–H and O–H groups in total. The van der Waals surface area contributed by atoms with Crippen LogP contribution < -0.4 is 16.0 Å². The number of aliphatic hydroxyl groups is 2. The summed E-state index contributed by atoms with van der Waals surface area (Å²) in [5, 5.41) is 38.5. The molecule has 2 saturated carbocycles. The lowest BCUT2D eigenvalue weighted by Gasteiger charge is -2.36. The Morgan fingerprint density at radius 2 is 1.24 bits per heavy atom. The molecular weight excluding hydrogens is 809 g/mol. The second kappa shape index (κ2) is 20.5. The number of nitrogens with zero attached hydrogens (tertiary/aromatic N) is 5. The van der Waals surface area contributed by atoms with Crippen LogP contribution in [0.15, 0.2) is 49.6 Å². The molecule has 4 aliphatic rings. The standard InChI is InChI=1S/C23H32N4O4.C16H21N3O.C7H13NO4/c1-23(2,3)31-22(30)25-12-19(28)26-9-4-5-16(13-26)21(29)20-17(15-6-7-15)8-10-27-14-24-11-18(20)27;20-16(12-2-1-6-17-8-12)15-13(11-3-4-11)5-7-19-10-18-9-14(15)19;1-7(2,3)12-6(11)8-4-5(9)10/h8,10-11,14-16,21,29H,4-7,9,12-13H2,1-3H3,(H,25,30);5,7,9-12,16-17,20H,1-4,6,8H2;4H2,1-3H3,(H,8,11)(H,9,10). The molecule has 17 heteroatoms. The van der Waals surface area contributed by atoms with Gasteiger partial charge >= 0.3 is 18.2 Å². The summed E-state index contributed by atoms with van der Waals surface area (Å²) < 4.78 is 13.9. The van der Waals surface area contributed by atoms with E-state index in [0.717, 1.165) is 73.8 Å². The van der Waals surface area contributed by atoms with E-state index in [4.69, 9.17) is 14.6 Å². The highest BCUT2D eigenvalue weighted by molar-refractivity contribution is 5.82. The molecule has 0 spiro atoms. The fourth-order valence-corrected chi connectivity index (χ4v) is 8.36. The van der Waals surface area contributed by atoms with Crippen molar-refractivity contribution >= 4 is 35.1 Å². The van der Waals surface area contributed by atoms with Crippen LogP contribution in [0.2, 0.25) is 0 Å². The van der Waals surface area contributed by atoms with Crippen LogP contribution in [0, 0.1) is 11.8 Å². The van der Waals surface area contributed by atoms with E-state index in [1.54, 1.807) is 59.0 Å². The average molecular weight is 875 g/mol. The van der Waals surface area contributed by atoms with Gasteiger partial charge in [0.05, 0.1) is 48.3 Å². The molecule has 0 bridgehead atoms. The molecule has 17 nitrogen and oxygen atoms in total. The summed E-state index contributed by atoms with van der Waals surface area (Å²) in [6.07, 6.45) is 17.7. The summed E-state index contributed by atoms with van der Waals surface area (Å²) in [7, 11) is 0. The van der Waals surface area contributed by atoms with Crippen LogP contribution in [0.3, 0.4) is 0 Å². The molecule has 0 radical (unpaired) electrons. The van der Waals surface area contributed by atoms with Gasteiger partial charge in [0.15, 0.2) is 0 Å². The van der Waals surface area contributed by atoms with E-state index in [-0.39, 0.29) is 24.5 Å². The number of fused-ring (bicyclic) bond motifs is 2. The van der Waals surface area contributed by atoms with Gasteiger partial charge in [-0.2, -0.15) is 0 Å². The highest BCUT2D eigenvalue weighted by Gasteiger charge is 2.36. The van der Waals surface area contributed by atoms with Crippen molar-refractivity contribution in [3.63, 3.8) is 0 Å². The number of alkyl carbamates (subject to hydrolysis) is 2. The van der Waals surface area contributed by atoms with Gasteiger partial charge < -0.3 is 54.4 Å². The second-order valence-corrected chi connectivity index (χ2v) is 19.1. The van der Waals surface area contributed by atoms with Crippen LogP contribution in [0.1, 0.15) is 139 Å². The fourth-order valence-electron chi connectivity index (χ4n) is 8.36. The topological polar surface area (TPSA) is 221 Å². The predicted octanol–water partition coefficient (Wildman–Crippen LogP) is 5.85. The van der Waals surface area contributed by atoms with Crippen molar-refractivity contribution in [2.75, 3.05) is 39.3 Å². The van der Waals surface area contributed by atoms with Crippen molar-refractivity contribution in [3.05, 3.63) is 71.8 Å². The maximum atomic E-state index is 12.7. The number of aliphatic carboxylic acids is 1. The number of amides is 3. The highest BCUT2D eigenvalue weighted by Crippen LogP contribution is 2.47. The summed E-state index contributed by atoms with van der Waals surface area (Å²) in [5.74, 6) is 0.161. The molecule has 344 valence electrons. The van der Waals surface area contributed by atoms with Crippen LogP contribution in [-0.4, -0.2) is 114 Å². The smallest absolute Gasteiger partial charge is 0.408 e. The molecule has 3 amide bonds. The Labute approximate surface area is 368 Å². The van der Waals surface area contributed by atoms with Crippen LogP contribution in [0.4, 0.5) is 9.59 Å². The Morgan fingerprint density at radius 3 is 1.70 bits per heavy atom. The van der Waals surface area contributed by atoms with Gasteiger partial charge in [-0.3, -0.25) is 9.59 Å². The van der Waals surface area contributed by atoms with Crippen LogP contribution in [0.25, 0.3) is 11.0 Å². The first-order chi connectivity index (χ1) is 29.9. The van der Waals surface area contributed by atoms with Crippen LogP contribution >= 0.6 is 0 Å². The van der Waals surface area contributed by atoms with Crippen molar-refractivity contribution < 1.29 is 44.0 Å². The molecule has 0 aromatic carbocycles. The number of carbonyl (C=O) groups is 4. The van der Waals surface area contributed by atoms with E-state index in [2.05, 4.69) is 44.2 Å². The number of aliphatic hydroxyl groups excluding tert-OH is 2. The van der Waals surface area contributed by atoms with Crippen molar-refractivity contribution in [3.8, 4) is 0 Å². The number of hydrogen-bond acceptors (Lipinski definition) is 11. The first kappa shape index (κ1) is 47.2. The number of rotatable bonds is 10. The van der Waals surface area contributed by atoms with E-state index in [0.29, 0.717) is 30.8 Å². The molecule has 8 rings (SSSR count). The minimum atomic E-state index is -1.10. The Bertz CT molecular complexity index is 2190. The third kappa shape index (κ3) is 13.4. The van der Waals surface area contributed by atoms with Gasteiger partial charge in [0.2, 0.25) is 5.91 Å². The Balaban J connectivity index is 0.000000176. The normalized spacial score (nSPS) is 20.0. The third-order valence-corrected chi connectivity index (χ3v) is 11.6. The summed E-state index contributed by atoms with van der Waals surface area (Å²) in [4.78, 5) is 55.6. The number of carboxylic acid groups (broad SMARTS) is 1. The van der Waals surface area contributed by atoms with Gasteiger partial charge in [0.25, 0.3) is 0 Å². The van der Waals surface area contributed by atoms with Gasteiger partial charge in [-0.25, -0.2) is 19.6 Å². The zero-order chi connectivity index (χ0) is 45.5. The summed E-state index contributed by atoms with van der Waals surface area (Å²) in [6.45, 7) is 13.0. The van der Waals surface area contributed by atoms with Crippen molar-refractivity contribution in [1.29, 1.82) is 0 Å². The Kier molecular flexibility index (Phi) is 15.4. The lowest BCUT2D eigenvalue weighted by Crippen LogP contribution is -2.46. The number of aromatic nitrogens is 4. The number of pyridine rings is 2. The molecule has 2 saturated heterocycles. The number of imidazole rings is 2. The highest BCUT2D eigenvalue weighted by atomic mass is 16.6. The largest absolute Gasteiger partial charge is 0.480 e. The minimum absolute atomic E-state index is 0.0576. The molecule has 4 aromatic rings. The van der Waals surface area contributed by atoms with Gasteiger partial charge in [-0.1, -0.05) is 0 Å². The average Bonchev–Trinajstić information content (AvgIpc) is 4.17. The second-order valence-electron chi connectivity index (χ2n) is 19.1. The first-order valence-corrected chi connectivity index (χ1v) is 22.3. The Morgan fingerprint density at radius 1 is 0.746 bits per heavy atom. The molecule has 4 aromatic heterocycles. The number of carboxylic acids is 1. The molecule has 4 atom stereocenters. The van der Waals surface area contributed by atoms with E-state index in [9.17, 15) is 29.4 Å². The van der Waals surface area contributed by atoms with Gasteiger partial charge in [0, 0.05) is 55.0 Å². The molecule has 2 aliphatic carbocycles. The number of likely N-dealkylation sites (tertiary alicyclic amines) is 1. The molecule has 4 fully saturated rings. The van der Waals surface area contributed by atoms with E-state index >= 15 is 0 Å². The predicted molar refractivity (Wildman–Crippen MR) is 235 cm³/mol. The number of piperidine rings is 2. The van der Waals surface area contributed by atoms with E-state index < -0.39 is 42.0 Å². The third-order valence-electron chi connectivity index (χ3n) is 11.6. The minimum Gasteiger partial charge on any atom is -0.480 e. The lowest BCUT2D eigenvalue weighted by molar-refractivity contribution is -0.136. The Hall–Kier alpha value is -5.26. The SMILES string of the molecule is CC(C)(C)OC(=O)NCC(=O)N1CCCC(C(O)c2c(C3CC3)ccn3cncc23)C1.CC(C)(C)OC(=O)NCC(=O)O.OC(c1c(C2CC2)ccn2cncc12)C1CCCNC1. The summed E-state index contributed by atoms with van der Waals surface area (Å²) in [5.41, 5.74) is 5.44. The van der Waals surface area contributed by atoms with Crippen LogP contribution in [0.5, 0.6) is 0 Å². The molecule has 6 heterocycles.